The predicted molar refractivity (Wildman–Crippen MR) is 169 cm³/mol. The Kier molecular flexibility index (Phi) is 13.4. The summed E-state index contributed by atoms with van der Waals surface area (Å²) in [5.74, 6) is 0. The maximum atomic E-state index is 12.5. The van der Waals surface area contributed by atoms with E-state index in [1.165, 1.54) is 5.06 Å². The molecule has 4 atom stereocenters. The maximum Gasteiger partial charge on any atom is 0.233 e. The van der Waals surface area contributed by atoms with Gasteiger partial charge in [-0.25, -0.2) is 5.06 Å². The predicted octanol–water partition coefficient (Wildman–Crippen LogP) is 7.52. The standard InChI is InChI=1S/C37H43NO5/c1-3-34(38(29-39)43-28-33-23-15-8-16-24-33)36(41-26-31-19-11-6-12-20-31)37(42-27-32-21-13-7-14-22-32)35(4-2)40-25-30-17-9-5-10-18-30/h5-24,29,34-37H,3-4,25-28H2,1-2H3/t34?,35-,36+,37-/m1/s1. The van der Waals surface area contributed by atoms with Crippen molar-refractivity contribution in [3.8, 4) is 0 Å². The van der Waals surface area contributed by atoms with Crippen LogP contribution in [0, 0.1) is 0 Å². The van der Waals surface area contributed by atoms with E-state index in [9.17, 15) is 4.79 Å². The monoisotopic (exact) mass is 581 g/mol. The van der Waals surface area contributed by atoms with Gasteiger partial charge in [0.25, 0.3) is 0 Å². The van der Waals surface area contributed by atoms with E-state index in [0.29, 0.717) is 32.7 Å². The molecular weight excluding hydrogens is 538 g/mol. The largest absolute Gasteiger partial charge is 0.371 e. The molecular formula is C37H43NO5. The minimum Gasteiger partial charge on any atom is -0.371 e. The van der Waals surface area contributed by atoms with Crippen molar-refractivity contribution in [3.63, 3.8) is 0 Å². The van der Waals surface area contributed by atoms with Crippen molar-refractivity contribution < 1.29 is 23.8 Å². The van der Waals surface area contributed by atoms with Gasteiger partial charge in [0.2, 0.25) is 6.41 Å². The molecule has 0 aliphatic carbocycles. The first-order valence-corrected chi connectivity index (χ1v) is 15.1. The van der Waals surface area contributed by atoms with Crippen molar-refractivity contribution in [2.75, 3.05) is 0 Å². The zero-order chi connectivity index (χ0) is 30.1. The Morgan fingerprint density at radius 2 is 0.930 bits per heavy atom. The molecule has 0 spiro atoms. The van der Waals surface area contributed by atoms with Crippen molar-refractivity contribution in [1.29, 1.82) is 0 Å². The van der Waals surface area contributed by atoms with Crippen LogP contribution in [0.25, 0.3) is 0 Å². The third-order valence-corrected chi connectivity index (χ3v) is 7.42. The van der Waals surface area contributed by atoms with Crippen molar-refractivity contribution in [1.82, 2.24) is 5.06 Å². The van der Waals surface area contributed by atoms with Crippen molar-refractivity contribution in [2.45, 2.75) is 77.5 Å². The van der Waals surface area contributed by atoms with Crippen molar-refractivity contribution in [2.24, 2.45) is 0 Å². The van der Waals surface area contributed by atoms with Crippen LogP contribution in [-0.4, -0.2) is 35.8 Å². The van der Waals surface area contributed by atoms with E-state index in [1.807, 2.05) is 116 Å². The molecule has 0 heterocycles. The van der Waals surface area contributed by atoms with Gasteiger partial charge >= 0.3 is 0 Å². The van der Waals surface area contributed by atoms with E-state index in [1.54, 1.807) is 0 Å². The van der Waals surface area contributed by atoms with E-state index in [4.69, 9.17) is 19.0 Å². The molecule has 4 aromatic carbocycles. The van der Waals surface area contributed by atoms with Crippen LogP contribution in [0.5, 0.6) is 0 Å². The van der Waals surface area contributed by atoms with Crippen LogP contribution >= 0.6 is 0 Å². The second-order valence-electron chi connectivity index (χ2n) is 10.5. The SMILES string of the molecule is CCC([C@H](OCc1ccccc1)[C@H](OCc1ccccc1)[C@@H](CC)OCc1ccccc1)N(C=O)OCc1ccccc1. The smallest absolute Gasteiger partial charge is 0.233 e. The third kappa shape index (κ3) is 10.2. The Labute approximate surface area is 256 Å². The molecule has 6 heteroatoms. The number of hydrogen-bond donors (Lipinski definition) is 0. The number of carbonyl (C=O) groups excluding carboxylic acids is 1. The summed E-state index contributed by atoms with van der Waals surface area (Å²) < 4.78 is 20.0. The molecule has 0 bridgehead atoms. The fourth-order valence-electron chi connectivity index (χ4n) is 5.08. The summed E-state index contributed by atoms with van der Waals surface area (Å²) in [7, 11) is 0. The van der Waals surface area contributed by atoms with E-state index in [2.05, 4.69) is 19.1 Å². The summed E-state index contributed by atoms with van der Waals surface area (Å²) in [6.07, 6.45) is 0.686. The Bertz CT molecular complexity index is 1290. The molecule has 1 unspecified atom stereocenters. The first-order valence-electron chi connectivity index (χ1n) is 15.1. The summed E-state index contributed by atoms with van der Waals surface area (Å²) in [4.78, 5) is 18.6. The molecule has 0 aliphatic heterocycles. The Balaban J connectivity index is 1.64. The van der Waals surface area contributed by atoms with Gasteiger partial charge in [0, 0.05) is 0 Å². The molecule has 43 heavy (non-hydrogen) atoms. The van der Waals surface area contributed by atoms with Gasteiger partial charge in [-0.2, -0.15) is 0 Å². The van der Waals surface area contributed by atoms with Crippen LogP contribution in [0.15, 0.2) is 121 Å². The van der Waals surface area contributed by atoms with Gasteiger partial charge in [-0.1, -0.05) is 135 Å². The highest BCUT2D eigenvalue weighted by Gasteiger charge is 2.39. The highest BCUT2D eigenvalue weighted by molar-refractivity contribution is 5.46. The van der Waals surface area contributed by atoms with E-state index < -0.39 is 18.2 Å². The molecule has 4 aromatic rings. The molecule has 1 amide bonds. The Morgan fingerprint density at radius 3 is 1.33 bits per heavy atom. The second-order valence-corrected chi connectivity index (χ2v) is 10.5. The fourth-order valence-corrected chi connectivity index (χ4v) is 5.08. The molecule has 6 nitrogen and oxygen atoms in total. The van der Waals surface area contributed by atoms with Crippen LogP contribution in [0.1, 0.15) is 48.9 Å². The summed E-state index contributed by atoms with van der Waals surface area (Å²) in [5.41, 5.74) is 4.14. The molecule has 226 valence electrons. The average Bonchev–Trinajstić information content (AvgIpc) is 3.07. The zero-order valence-electron chi connectivity index (χ0n) is 25.2. The average molecular weight is 582 g/mol. The van der Waals surface area contributed by atoms with E-state index in [0.717, 1.165) is 28.7 Å². The highest BCUT2D eigenvalue weighted by atomic mass is 16.7. The van der Waals surface area contributed by atoms with Gasteiger partial charge in [0.1, 0.15) is 18.8 Å². The molecule has 0 aromatic heterocycles. The van der Waals surface area contributed by atoms with E-state index in [-0.39, 0.29) is 12.7 Å². The molecule has 0 saturated heterocycles. The lowest BCUT2D eigenvalue weighted by molar-refractivity contribution is -0.233. The summed E-state index contributed by atoms with van der Waals surface area (Å²) in [6, 6.07) is 39.6. The Hall–Kier alpha value is -3.81. The van der Waals surface area contributed by atoms with Gasteiger partial charge in [0.05, 0.1) is 32.0 Å². The van der Waals surface area contributed by atoms with Crippen LogP contribution in [0.2, 0.25) is 0 Å². The lowest BCUT2D eigenvalue weighted by atomic mass is 9.96. The number of hydroxylamine groups is 2. The summed E-state index contributed by atoms with van der Waals surface area (Å²) in [5, 5.41) is 1.39. The van der Waals surface area contributed by atoms with Crippen LogP contribution in [0.4, 0.5) is 0 Å². The first kappa shape index (κ1) is 32.1. The Morgan fingerprint density at radius 1 is 0.535 bits per heavy atom. The molecule has 0 aliphatic rings. The number of rotatable bonds is 19. The third-order valence-electron chi connectivity index (χ3n) is 7.42. The number of carbonyl (C=O) groups is 1. The maximum absolute atomic E-state index is 12.5. The molecule has 0 radical (unpaired) electrons. The van der Waals surface area contributed by atoms with Crippen LogP contribution in [0.3, 0.4) is 0 Å². The number of benzene rings is 4. The normalized spacial score (nSPS) is 14.0. The van der Waals surface area contributed by atoms with Gasteiger partial charge in [-0.15, -0.1) is 0 Å². The van der Waals surface area contributed by atoms with Crippen LogP contribution < -0.4 is 0 Å². The van der Waals surface area contributed by atoms with Crippen LogP contribution in [-0.2, 0) is 50.3 Å². The summed E-state index contributed by atoms with van der Waals surface area (Å²) in [6.45, 7) is 5.56. The lowest BCUT2D eigenvalue weighted by Gasteiger charge is -2.40. The molecule has 0 N–H and O–H groups in total. The van der Waals surface area contributed by atoms with Gasteiger partial charge < -0.3 is 14.2 Å². The molecule has 4 rings (SSSR count). The van der Waals surface area contributed by atoms with Gasteiger partial charge in [-0.3, -0.25) is 9.63 Å². The zero-order valence-corrected chi connectivity index (χ0v) is 25.2. The minimum atomic E-state index is -0.546. The first-order chi connectivity index (χ1) is 21.2. The second kappa shape index (κ2) is 18.0. The number of hydrogen-bond acceptors (Lipinski definition) is 5. The van der Waals surface area contributed by atoms with Crippen molar-refractivity contribution in [3.05, 3.63) is 144 Å². The van der Waals surface area contributed by atoms with Gasteiger partial charge in [0.15, 0.2) is 0 Å². The van der Waals surface area contributed by atoms with E-state index >= 15 is 0 Å². The number of nitrogens with zero attached hydrogens (tertiary/aromatic N) is 1. The van der Waals surface area contributed by atoms with Gasteiger partial charge in [-0.05, 0) is 35.1 Å². The number of amides is 1. The topological polar surface area (TPSA) is 57.2 Å². The quantitative estimate of drug-likeness (QED) is 0.0847. The number of ether oxygens (including phenoxy) is 3. The fraction of sp³-hybridized carbons (Fsp3) is 0.324. The highest BCUT2D eigenvalue weighted by Crippen LogP contribution is 2.26. The van der Waals surface area contributed by atoms with Crippen molar-refractivity contribution >= 4 is 6.41 Å². The minimum absolute atomic E-state index is 0.263. The lowest BCUT2D eigenvalue weighted by Crippen LogP contribution is -2.54. The molecule has 0 saturated carbocycles. The molecule has 0 fully saturated rings. The summed E-state index contributed by atoms with van der Waals surface area (Å²) >= 11 is 0.